The first kappa shape index (κ1) is 24.9. The number of nitrogens with one attached hydrogen (secondary N) is 2. The second-order valence-corrected chi connectivity index (χ2v) is 7.93. The Labute approximate surface area is 191 Å². The van der Waals surface area contributed by atoms with Crippen LogP contribution in [0.1, 0.15) is 43.1 Å². The number of thioether (sulfide) groups is 1. The molecule has 0 saturated carbocycles. The van der Waals surface area contributed by atoms with Crippen LogP contribution in [0.15, 0.2) is 42.5 Å². The number of carbonyl (C=O) groups is 4. The van der Waals surface area contributed by atoms with Crippen LogP contribution >= 0.6 is 11.8 Å². The maximum absolute atomic E-state index is 13.0. The highest BCUT2D eigenvalue weighted by molar-refractivity contribution is 7.98. The number of rotatable bonds is 9. The molecule has 0 heterocycles. The molecule has 170 valence electrons. The topological polar surface area (TPSA) is 111 Å². The van der Waals surface area contributed by atoms with Gasteiger partial charge in [-0.25, -0.2) is 9.59 Å². The van der Waals surface area contributed by atoms with Crippen molar-refractivity contribution in [2.24, 2.45) is 0 Å². The summed E-state index contributed by atoms with van der Waals surface area (Å²) >= 11 is 1.54. The molecule has 0 radical (unpaired) electrons. The Morgan fingerprint density at radius 1 is 0.938 bits per heavy atom. The lowest BCUT2D eigenvalue weighted by atomic mass is 10.1. The SMILES string of the molecule is COC(=O)c1cc(NC(=O)C(CCSC)NC(=O)c2cccc(C)c2)cc(C(=O)OC)c1. The van der Waals surface area contributed by atoms with Crippen LogP contribution in [0.5, 0.6) is 0 Å². The van der Waals surface area contributed by atoms with Gasteiger partial charge in [-0.1, -0.05) is 17.7 Å². The Morgan fingerprint density at radius 2 is 1.56 bits per heavy atom. The van der Waals surface area contributed by atoms with E-state index in [0.717, 1.165) is 5.56 Å². The fraction of sp³-hybridized carbons (Fsp3) is 0.304. The van der Waals surface area contributed by atoms with Gasteiger partial charge >= 0.3 is 11.9 Å². The predicted octanol–water partition coefficient (Wildman–Crippen LogP) is 3.06. The van der Waals surface area contributed by atoms with Gasteiger partial charge in [-0.2, -0.15) is 11.8 Å². The summed E-state index contributed by atoms with van der Waals surface area (Å²) in [6, 6.07) is 10.3. The third-order valence-electron chi connectivity index (χ3n) is 4.56. The van der Waals surface area contributed by atoms with E-state index in [-0.39, 0.29) is 22.7 Å². The van der Waals surface area contributed by atoms with Crippen molar-refractivity contribution in [2.45, 2.75) is 19.4 Å². The van der Waals surface area contributed by atoms with E-state index in [1.54, 1.807) is 30.0 Å². The fourth-order valence-electron chi connectivity index (χ4n) is 2.93. The summed E-state index contributed by atoms with van der Waals surface area (Å²) in [4.78, 5) is 49.6. The van der Waals surface area contributed by atoms with Crippen LogP contribution in [0.2, 0.25) is 0 Å². The van der Waals surface area contributed by atoms with Crippen LogP contribution in [0.4, 0.5) is 5.69 Å². The molecule has 0 aliphatic carbocycles. The van der Waals surface area contributed by atoms with Crippen LogP contribution < -0.4 is 10.6 Å². The molecule has 0 spiro atoms. The summed E-state index contributed by atoms with van der Waals surface area (Å²) < 4.78 is 9.43. The lowest BCUT2D eigenvalue weighted by Crippen LogP contribution is -2.44. The standard InChI is InChI=1S/C23H26N2O6S/c1-14-6-5-7-15(10-14)20(26)25-19(8-9-32-4)21(27)24-18-12-16(22(28)30-2)11-17(13-18)23(29)31-3/h5-7,10-13,19H,8-9H2,1-4H3,(H,24,27)(H,25,26). The lowest BCUT2D eigenvalue weighted by molar-refractivity contribution is -0.118. The minimum atomic E-state index is -0.821. The molecule has 0 saturated heterocycles. The lowest BCUT2D eigenvalue weighted by Gasteiger charge is -2.19. The van der Waals surface area contributed by atoms with Gasteiger partial charge in [-0.15, -0.1) is 0 Å². The first-order chi connectivity index (χ1) is 15.3. The van der Waals surface area contributed by atoms with E-state index in [2.05, 4.69) is 10.6 Å². The second kappa shape index (κ2) is 11.9. The van der Waals surface area contributed by atoms with Gasteiger partial charge in [0.25, 0.3) is 5.91 Å². The Kier molecular flexibility index (Phi) is 9.27. The quantitative estimate of drug-likeness (QED) is 0.556. The molecule has 2 N–H and O–H groups in total. The fourth-order valence-corrected chi connectivity index (χ4v) is 3.40. The summed E-state index contributed by atoms with van der Waals surface area (Å²) in [5.74, 6) is -1.54. The number of hydrogen-bond donors (Lipinski definition) is 2. The van der Waals surface area contributed by atoms with Gasteiger partial charge in [0.15, 0.2) is 0 Å². The Hall–Kier alpha value is -3.33. The number of hydrogen-bond acceptors (Lipinski definition) is 7. The molecule has 0 aliphatic rings. The molecular formula is C23H26N2O6S. The van der Waals surface area contributed by atoms with E-state index >= 15 is 0 Å². The molecule has 0 aromatic heterocycles. The first-order valence-corrected chi connectivity index (χ1v) is 11.2. The number of ether oxygens (including phenoxy) is 2. The summed E-state index contributed by atoms with van der Waals surface area (Å²) in [6.07, 6.45) is 2.30. The van der Waals surface area contributed by atoms with Crippen molar-refractivity contribution in [2.75, 3.05) is 31.5 Å². The van der Waals surface area contributed by atoms with Gasteiger partial charge in [0, 0.05) is 11.3 Å². The van der Waals surface area contributed by atoms with Gasteiger partial charge in [0.1, 0.15) is 6.04 Å². The smallest absolute Gasteiger partial charge is 0.337 e. The maximum atomic E-state index is 13.0. The molecule has 32 heavy (non-hydrogen) atoms. The average molecular weight is 459 g/mol. The van der Waals surface area contributed by atoms with Gasteiger partial charge in [0.05, 0.1) is 25.3 Å². The van der Waals surface area contributed by atoms with E-state index in [9.17, 15) is 19.2 Å². The molecule has 0 bridgehead atoms. The van der Waals surface area contributed by atoms with Crippen molar-refractivity contribution in [1.82, 2.24) is 5.32 Å². The molecule has 2 aromatic rings. The molecule has 1 unspecified atom stereocenters. The highest BCUT2D eigenvalue weighted by Crippen LogP contribution is 2.18. The second-order valence-electron chi connectivity index (χ2n) is 6.95. The summed E-state index contributed by atoms with van der Waals surface area (Å²) in [7, 11) is 2.43. The average Bonchev–Trinajstić information content (AvgIpc) is 2.80. The highest BCUT2D eigenvalue weighted by atomic mass is 32.2. The Bertz CT molecular complexity index is 973. The number of benzene rings is 2. The van der Waals surface area contributed by atoms with Crippen LogP contribution in [0, 0.1) is 6.92 Å². The molecule has 2 aromatic carbocycles. The van der Waals surface area contributed by atoms with E-state index in [1.165, 1.54) is 32.4 Å². The molecule has 1 atom stereocenters. The number of aryl methyl sites for hydroxylation is 1. The van der Waals surface area contributed by atoms with Gasteiger partial charge in [-0.3, -0.25) is 9.59 Å². The predicted molar refractivity (Wildman–Crippen MR) is 123 cm³/mol. The summed E-state index contributed by atoms with van der Waals surface area (Å²) in [5.41, 5.74) is 1.74. The Morgan fingerprint density at radius 3 is 2.09 bits per heavy atom. The van der Waals surface area contributed by atoms with Crippen LogP contribution in [0.25, 0.3) is 0 Å². The molecule has 2 rings (SSSR count). The van der Waals surface area contributed by atoms with E-state index in [1.807, 2.05) is 19.2 Å². The van der Waals surface area contributed by atoms with Crippen LogP contribution in [0.3, 0.4) is 0 Å². The van der Waals surface area contributed by atoms with Gasteiger partial charge in [-0.05, 0) is 55.7 Å². The zero-order valence-electron chi connectivity index (χ0n) is 18.4. The Balaban J connectivity index is 2.27. The minimum absolute atomic E-state index is 0.0789. The zero-order chi connectivity index (χ0) is 23.7. The largest absolute Gasteiger partial charge is 0.465 e. The zero-order valence-corrected chi connectivity index (χ0v) is 19.2. The molecule has 2 amide bonds. The molecule has 0 fully saturated rings. The van der Waals surface area contributed by atoms with Crippen molar-refractivity contribution in [1.29, 1.82) is 0 Å². The molecular weight excluding hydrogens is 432 g/mol. The molecule has 9 heteroatoms. The first-order valence-electron chi connectivity index (χ1n) is 9.78. The van der Waals surface area contributed by atoms with Crippen molar-refractivity contribution in [3.8, 4) is 0 Å². The maximum Gasteiger partial charge on any atom is 0.337 e. The number of anilines is 1. The highest BCUT2D eigenvalue weighted by Gasteiger charge is 2.23. The van der Waals surface area contributed by atoms with Crippen molar-refractivity contribution < 1.29 is 28.7 Å². The van der Waals surface area contributed by atoms with Crippen molar-refractivity contribution in [3.05, 3.63) is 64.7 Å². The van der Waals surface area contributed by atoms with Gasteiger partial charge in [0.2, 0.25) is 5.91 Å². The third-order valence-corrected chi connectivity index (χ3v) is 5.20. The normalized spacial score (nSPS) is 11.2. The molecule has 0 aliphatic heterocycles. The summed E-state index contributed by atoms with van der Waals surface area (Å²) in [5, 5.41) is 5.44. The third kappa shape index (κ3) is 6.84. The van der Waals surface area contributed by atoms with Crippen molar-refractivity contribution >= 4 is 41.2 Å². The number of carbonyl (C=O) groups excluding carboxylic acids is 4. The van der Waals surface area contributed by atoms with Crippen LogP contribution in [-0.4, -0.2) is 56.0 Å². The van der Waals surface area contributed by atoms with Crippen LogP contribution in [-0.2, 0) is 14.3 Å². The minimum Gasteiger partial charge on any atom is -0.465 e. The van der Waals surface area contributed by atoms with Crippen molar-refractivity contribution in [3.63, 3.8) is 0 Å². The van der Waals surface area contributed by atoms with Gasteiger partial charge < -0.3 is 20.1 Å². The number of methoxy groups -OCH3 is 2. The van der Waals surface area contributed by atoms with E-state index in [0.29, 0.717) is 17.7 Å². The molecule has 8 nitrogen and oxygen atoms in total. The van der Waals surface area contributed by atoms with E-state index in [4.69, 9.17) is 9.47 Å². The summed E-state index contributed by atoms with van der Waals surface area (Å²) in [6.45, 7) is 1.88. The number of amides is 2. The van der Waals surface area contributed by atoms with E-state index < -0.39 is 23.9 Å². The number of esters is 2. The monoisotopic (exact) mass is 458 g/mol.